The summed E-state index contributed by atoms with van der Waals surface area (Å²) in [7, 11) is 0. The van der Waals surface area contributed by atoms with Gasteiger partial charge < -0.3 is 5.32 Å². The molecular weight excluding hydrogens is 156 g/mol. The lowest BCUT2D eigenvalue weighted by Crippen LogP contribution is -2.47. The quantitative estimate of drug-likeness (QED) is 0.495. The number of nitrogens with one attached hydrogen (secondary N) is 2. The van der Waals surface area contributed by atoms with Crippen molar-refractivity contribution in [3.05, 3.63) is 11.4 Å². The number of piperazine rings is 1. The van der Waals surface area contributed by atoms with Gasteiger partial charge in [0.15, 0.2) is 0 Å². The summed E-state index contributed by atoms with van der Waals surface area (Å²) < 4.78 is 0. The SMILES string of the molecule is C1CN2NN3N=NCC3=C2CN1. The van der Waals surface area contributed by atoms with Crippen LogP contribution >= 0.6 is 0 Å². The topological polar surface area (TPSA) is 55.3 Å². The number of rotatable bonds is 0. The highest BCUT2D eigenvalue weighted by molar-refractivity contribution is 5.20. The summed E-state index contributed by atoms with van der Waals surface area (Å²) >= 11 is 0. The average molecular weight is 166 g/mol. The number of nitrogens with zero attached hydrogens (tertiary/aromatic N) is 4. The maximum Gasteiger partial charge on any atom is 0.108 e. The van der Waals surface area contributed by atoms with Crippen molar-refractivity contribution in [1.82, 2.24) is 21.0 Å². The average Bonchev–Trinajstić information content (AvgIpc) is 2.62. The van der Waals surface area contributed by atoms with Crippen molar-refractivity contribution in [2.75, 3.05) is 26.2 Å². The Hall–Kier alpha value is -1.14. The van der Waals surface area contributed by atoms with Crippen LogP contribution in [-0.4, -0.2) is 36.3 Å². The zero-order valence-electron chi connectivity index (χ0n) is 6.62. The number of hydrazine groups is 2. The smallest absolute Gasteiger partial charge is 0.108 e. The van der Waals surface area contributed by atoms with Crippen LogP contribution in [0.4, 0.5) is 0 Å². The molecule has 0 aromatic heterocycles. The van der Waals surface area contributed by atoms with Crippen LogP contribution in [0, 0.1) is 0 Å². The van der Waals surface area contributed by atoms with Gasteiger partial charge in [-0.3, -0.25) is 5.01 Å². The third kappa shape index (κ3) is 0.705. The lowest BCUT2D eigenvalue weighted by molar-refractivity contribution is 0.117. The Morgan fingerprint density at radius 1 is 1.33 bits per heavy atom. The zero-order valence-corrected chi connectivity index (χ0v) is 6.62. The maximum absolute atomic E-state index is 3.94. The van der Waals surface area contributed by atoms with Gasteiger partial charge in [-0.05, 0) is 0 Å². The summed E-state index contributed by atoms with van der Waals surface area (Å²) in [6.45, 7) is 3.64. The van der Waals surface area contributed by atoms with Crippen molar-refractivity contribution in [1.29, 1.82) is 0 Å². The van der Waals surface area contributed by atoms with Gasteiger partial charge in [-0.2, -0.15) is 10.2 Å². The van der Waals surface area contributed by atoms with Crippen molar-refractivity contribution >= 4 is 0 Å². The van der Waals surface area contributed by atoms with Crippen LogP contribution < -0.4 is 10.9 Å². The second-order valence-corrected chi connectivity index (χ2v) is 3.02. The van der Waals surface area contributed by atoms with E-state index in [1.807, 2.05) is 0 Å². The molecule has 6 heteroatoms. The minimum absolute atomic E-state index is 0.709. The van der Waals surface area contributed by atoms with Crippen molar-refractivity contribution in [2.45, 2.75) is 0 Å². The molecule has 1 fully saturated rings. The molecule has 0 amide bonds. The summed E-state index contributed by atoms with van der Waals surface area (Å²) in [5, 5.41) is 15.1. The van der Waals surface area contributed by atoms with Crippen molar-refractivity contribution < 1.29 is 0 Å². The molecule has 0 aromatic carbocycles. The Balaban J connectivity index is 1.96. The van der Waals surface area contributed by atoms with Gasteiger partial charge >= 0.3 is 0 Å². The molecular formula is C6H10N6. The van der Waals surface area contributed by atoms with E-state index in [1.54, 1.807) is 5.12 Å². The van der Waals surface area contributed by atoms with Gasteiger partial charge in [0.1, 0.15) is 12.2 Å². The molecule has 1 saturated heterocycles. The molecule has 0 atom stereocenters. The normalized spacial score (nSPS) is 26.7. The molecule has 64 valence electrons. The molecule has 6 nitrogen and oxygen atoms in total. The molecule has 3 aliphatic heterocycles. The van der Waals surface area contributed by atoms with E-state index in [-0.39, 0.29) is 0 Å². The Bertz CT molecular complexity index is 269. The highest BCUT2D eigenvalue weighted by Crippen LogP contribution is 2.24. The van der Waals surface area contributed by atoms with E-state index >= 15 is 0 Å². The highest BCUT2D eigenvalue weighted by atomic mass is 15.9. The van der Waals surface area contributed by atoms with Crippen LogP contribution in [-0.2, 0) is 0 Å². The Kier molecular flexibility index (Phi) is 1.16. The first-order valence-electron chi connectivity index (χ1n) is 4.09. The van der Waals surface area contributed by atoms with Gasteiger partial charge in [-0.25, -0.2) is 0 Å². The van der Waals surface area contributed by atoms with Crippen molar-refractivity contribution in [2.24, 2.45) is 10.3 Å². The first kappa shape index (κ1) is 6.38. The molecule has 2 N–H and O–H groups in total. The third-order valence-electron chi connectivity index (χ3n) is 2.31. The molecule has 0 spiro atoms. The molecule has 0 bridgehead atoms. The largest absolute Gasteiger partial charge is 0.309 e. The predicted octanol–water partition coefficient (Wildman–Crippen LogP) is -0.781. The fraction of sp³-hybridized carbons (Fsp3) is 0.667. The lowest BCUT2D eigenvalue weighted by atomic mass is 10.3. The van der Waals surface area contributed by atoms with E-state index < -0.39 is 0 Å². The van der Waals surface area contributed by atoms with Gasteiger partial charge in [-0.15, -0.1) is 5.53 Å². The van der Waals surface area contributed by atoms with E-state index in [0.717, 1.165) is 19.6 Å². The van der Waals surface area contributed by atoms with E-state index in [2.05, 4.69) is 26.2 Å². The lowest BCUT2D eigenvalue weighted by Gasteiger charge is -2.26. The first-order chi connectivity index (χ1) is 5.95. The van der Waals surface area contributed by atoms with Crippen LogP contribution in [0.5, 0.6) is 0 Å². The summed E-state index contributed by atoms with van der Waals surface area (Å²) in [5.74, 6) is 0. The molecule has 0 radical (unpaired) electrons. The fourth-order valence-electron chi connectivity index (χ4n) is 1.69. The molecule has 0 aromatic rings. The van der Waals surface area contributed by atoms with E-state index in [0.29, 0.717) is 6.54 Å². The number of hydrogen-bond donors (Lipinski definition) is 2. The minimum atomic E-state index is 0.709. The van der Waals surface area contributed by atoms with Crippen LogP contribution in [0.3, 0.4) is 0 Å². The predicted molar refractivity (Wildman–Crippen MR) is 41.3 cm³/mol. The molecule has 0 unspecified atom stereocenters. The van der Waals surface area contributed by atoms with Crippen LogP contribution in [0.25, 0.3) is 0 Å². The summed E-state index contributed by atoms with van der Waals surface area (Å²) in [6, 6.07) is 0. The van der Waals surface area contributed by atoms with Gasteiger partial charge in [0.2, 0.25) is 0 Å². The summed E-state index contributed by atoms with van der Waals surface area (Å²) in [6.07, 6.45) is 0. The van der Waals surface area contributed by atoms with Crippen molar-refractivity contribution in [3.63, 3.8) is 0 Å². The fourth-order valence-corrected chi connectivity index (χ4v) is 1.69. The highest BCUT2D eigenvalue weighted by Gasteiger charge is 2.32. The monoisotopic (exact) mass is 166 g/mol. The van der Waals surface area contributed by atoms with Crippen LogP contribution in [0.2, 0.25) is 0 Å². The Morgan fingerprint density at radius 2 is 2.33 bits per heavy atom. The number of hydrogen-bond acceptors (Lipinski definition) is 6. The van der Waals surface area contributed by atoms with Gasteiger partial charge in [0.05, 0.1) is 5.70 Å². The number of fused-ring (bicyclic) bond motifs is 2. The molecule has 0 saturated carbocycles. The Labute approximate surface area is 69.8 Å². The standard InChI is InChI=1S/C6H10N6/c1-2-11-5(3-7-1)6-4-8-9-12(6)10-11/h7,10H,1-4H2. The third-order valence-corrected chi connectivity index (χ3v) is 2.31. The molecule has 3 heterocycles. The van der Waals surface area contributed by atoms with Gasteiger partial charge in [0.25, 0.3) is 0 Å². The van der Waals surface area contributed by atoms with Crippen LogP contribution in [0.15, 0.2) is 21.7 Å². The van der Waals surface area contributed by atoms with Gasteiger partial charge in [0, 0.05) is 19.6 Å². The summed E-state index contributed by atoms with van der Waals surface area (Å²) in [5.41, 5.74) is 5.61. The molecule has 3 rings (SSSR count). The van der Waals surface area contributed by atoms with E-state index in [1.165, 1.54) is 11.4 Å². The van der Waals surface area contributed by atoms with E-state index in [4.69, 9.17) is 0 Å². The first-order valence-corrected chi connectivity index (χ1v) is 4.09. The van der Waals surface area contributed by atoms with Crippen molar-refractivity contribution in [3.8, 4) is 0 Å². The summed E-state index contributed by atoms with van der Waals surface area (Å²) in [4.78, 5) is 0. The molecule has 12 heavy (non-hydrogen) atoms. The second-order valence-electron chi connectivity index (χ2n) is 3.02. The maximum atomic E-state index is 3.94. The molecule has 3 aliphatic rings. The second kappa shape index (κ2) is 2.18. The van der Waals surface area contributed by atoms with Crippen LogP contribution in [0.1, 0.15) is 0 Å². The molecule has 0 aliphatic carbocycles. The zero-order chi connectivity index (χ0) is 7.97. The minimum Gasteiger partial charge on any atom is -0.309 e. The Morgan fingerprint density at radius 3 is 3.33 bits per heavy atom. The van der Waals surface area contributed by atoms with E-state index in [9.17, 15) is 0 Å². The van der Waals surface area contributed by atoms with Gasteiger partial charge in [-0.1, -0.05) is 5.22 Å².